The minimum absolute atomic E-state index is 0.0116. The van der Waals surface area contributed by atoms with Gasteiger partial charge in [-0.05, 0) is 11.6 Å². The highest BCUT2D eigenvalue weighted by Gasteiger charge is 2.08. The number of hydrogen-bond donors (Lipinski definition) is 2. The third-order valence-electron chi connectivity index (χ3n) is 1.15. The van der Waals surface area contributed by atoms with E-state index in [1.807, 2.05) is 0 Å². The molecule has 0 rings (SSSR count). The Bertz CT molecular complexity index is 213. The van der Waals surface area contributed by atoms with E-state index >= 15 is 0 Å². The van der Waals surface area contributed by atoms with Crippen LogP contribution in [0.15, 0.2) is 36.6 Å². The maximum atomic E-state index is 10.8. The second kappa shape index (κ2) is 4.46. The molecule has 0 aromatic heterocycles. The first-order chi connectivity index (χ1) is 5.17. The van der Waals surface area contributed by atoms with Crippen LogP contribution in [0.4, 0.5) is 0 Å². The van der Waals surface area contributed by atoms with Crippen molar-refractivity contribution in [2.24, 2.45) is 0 Å². The van der Waals surface area contributed by atoms with Gasteiger partial charge in [0.2, 0.25) is 0 Å². The summed E-state index contributed by atoms with van der Waals surface area (Å²) in [5, 5.41) is 17.1. The predicted molar refractivity (Wildman–Crippen MR) is 42.1 cm³/mol. The fourth-order valence-corrected chi connectivity index (χ4v) is 0.524. The molecule has 3 heteroatoms. The lowest BCUT2D eigenvalue weighted by atomic mass is 10.1. The van der Waals surface area contributed by atoms with Gasteiger partial charge in [-0.2, -0.15) is 0 Å². The van der Waals surface area contributed by atoms with Gasteiger partial charge in [0.05, 0.1) is 18.4 Å². The van der Waals surface area contributed by atoms with E-state index in [0.29, 0.717) is 6.26 Å². The van der Waals surface area contributed by atoms with Crippen LogP contribution in [0, 0.1) is 0 Å². The van der Waals surface area contributed by atoms with E-state index in [1.54, 1.807) is 0 Å². The van der Waals surface area contributed by atoms with Gasteiger partial charge in [-0.15, -0.1) is 0 Å². The third kappa shape index (κ3) is 2.39. The van der Waals surface area contributed by atoms with Crippen LogP contribution in [0.2, 0.25) is 0 Å². The van der Waals surface area contributed by atoms with E-state index in [0.717, 1.165) is 6.08 Å². The molecule has 0 bridgehead atoms. The Morgan fingerprint density at radius 3 is 2.36 bits per heavy atom. The van der Waals surface area contributed by atoms with Gasteiger partial charge in [-0.3, -0.25) is 4.79 Å². The molecule has 0 spiro atoms. The largest absolute Gasteiger partial charge is 0.515 e. The van der Waals surface area contributed by atoms with E-state index in [2.05, 4.69) is 13.2 Å². The van der Waals surface area contributed by atoms with Gasteiger partial charge in [-0.1, -0.05) is 13.2 Å². The van der Waals surface area contributed by atoms with Gasteiger partial charge >= 0.3 is 0 Å². The Morgan fingerprint density at radius 2 is 2.09 bits per heavy atom. The molecule has 0 aliphatic heterocycles. The second-order valence-corrected chi connectivity index (χ2v) is 1.87. The number of hydrogen-bond acceptors (Lipinski definition) is 3. The van der Waals surface area contributed by atoms with Crippen molar-refractivity contribution in [1.29, 1.82) is 0 Å². The number of allylic oxidation sites excluding steroid dienone is 1. The number of aliphatic hydroxyl groups excluding tert-OH is 2. The SMILES string of the molecule is C=CC(=O)C(=CO)C(=C)CO. The van der Waals surface area contributed by atoms with Gasteiger partial charge in [0, 0.05) is 0 Å². The molecule has 0 radical (unpaired) electrons. The van der Waals surface area contributed by atoms with E-state index in [9.17, 15) is 4.79 Å². The second-order valence-electron chi connectivity index (χ2n) is 1.87. The van der Waals surface area contributed by atoms with Crippen LogP contribution < -0.4 is 0 Å². The van der Waals surface area contributed by atoms with Gasteiger partial charge < -0.3 is 10.2 Å². The summed E-state index contributed by atoms with van der Waals surface area (Å²) in [5.41, 5.74) is 0.167. The van der Waals surface area contributed by atoms with Gasteiger partial charge in [0.1, 0.15) is 0 Å². The first-order valence-electron chi connectivity index (χ1n) is 2.97. The number of rotatable bonds is 4. The van der Waals surface area contributed by atoms with E-state index < -0.39 is 5.78 Å². The lowest BCUT2D eigenvalue weighted by Crippen LogP contribution is -2.03. The summed E-state index contributed by atoms with van der Waals surface area (Å²) in [4.78, 5) is 10.8. The van der Waals surface area contributed by atoms with Gasteiger partial charge in [-0.25, -0.2) is 0 Å². The lowest BCUT2D eigenvalue weighted by Gasteiger charge is -2.00. The standard InChI is InChI=1S/C8H10O3/c1-3-8(11)7(5-10)6(2)4-9/h3,5,9-10H,1-2,4H2. The van der Waals surface area contributed by atoms with Crippen LogP contribution >= 0.6 is 0 Å². The maximum Gasteiger partial charge on any atom is 0.188 e. The Morgan fingerprint density at radius 1 is 1.55 bits per heavy atom. The monoisotopic (exact) mass is 154 g/mol. The van der Waals surface area contributed by atoms with Crippen molar-refractivity contribution in [3.63, 3.8) is 0 Å². The Hall–Kier alpha value is -1.35. The molecule has 0 atom stereocenters. The molecule has 0 aromatic carbocycles. The van der Waals surface area contributed by atoms with Crippen LogP contribution in [-0.2, 0) is 4.79 Å². The van der Waals surface area contributed by atoms with Gasteiger partial charge in [0.25, 0.3) is 0 Å². The molecule has 3 nitrogen and oxygen atoms in total. The molecule has 60 valence electrons. The summed E-state index contributed by atoms with van der Waals surface area (Å²) < 4.78 is 0. The Kier molecular flexibility index (Phi) is 3.92. The van der Waals surface area contributed by atoms with Crippen molar-refractivity contribution >= 4 is 5.78 Å². The third-order valence-corrected chi connectivity index (χ3v) is 1.15. The molecule has 0 saturated heterocycles. The molecule has 2 N–H and O–H groups in total. The number of aliphatic hydroxyl groups is 2. The normalized spacial score (nSPS) is 10.8. The molecular formula is C8H10O3. The molecule has 0 aliphatic rings. The zero-order valence-corrected chi connectivity index (χ0v) is 6.08. The van der Waals surface area contributed by atoms with Crippen LogP contribution in [0.1, 0.15) is 0 Å². The summed E-state index contributed by atoms with van der Waals surface area (Å²) in [6, 6.07) is 0. The Balaban J connectivity index is 4.56. The first kappa shape index (κ1) is 9.65. The van der Waals surface area contributed by atoms with E-state index in [-0.39, 0.29) is 17.8 Å². The van der Waals surface area contributed by atoms with Crippen molar-refractivity contribution in [2.75, 3.05) is 6.61 Å². The Labute approximate surface area is 65.0 Å². The van der Waals surface area contributed by atoms with Crippen LogP contribution in [-0.4, -0.2) is 22.6 Å². The van der Waals surface area contributed by atoms with Crippen LogP contribution in [0.3, 0.4) is 0 Å². The molecule has 0 aromatic rings. The molecular weight excluding hydrogens is 144 g/mol. The summed E-state index contributed by atoms with van der Waals surface area (Å²) in [6.07, 6.45) is 1.66. The minimum atomic E-state index is -0.452. The molecule has 0 unspecified atom stereocenters. The fourth-order valence-electron chi connectivity index (χ4n) is 0.524. The highest BCUT2D eigenvalue weighted by atomic mass is 16.3. The summed E-state index contributed by atoms with van der Waals surface area (Å²) in [5.74, 6) is -0.452. The molecule has 0 heterocycles. The van der Waals surface area contributed by atoms with Crippen molar-refractivity contribution in [1.82, 2.24) is 0 Å². The molecule has 0 fully saturated rings. The quantitative estimate of drug-likeness (QED) is 0.356. The first-order valence-corrected chi connectivity index (χ1v) is 2.97. The molecule has 11 heavy (non-hydrogen) atoms. The number of carbonyl (C=O) groups excluding carboxylic acids is 1. The maximum absolute atomic E-state index is 10.8. The smallest absolute Gasteiger partial charge is 0.188 e. The molecule has 0 saturated carbocycles. The topological polar surface area (TPSA) is 57.5 Å². The molecule has 0 aliphatic carbocycles. The summed E-state index contributed by atoms with van der Waals surface area (Å²) >= 11 is 0. The summed E-state index contributed by atoms with van der Waals surface area (Å²) in [6.45, 7) is 6.23. The zero-order valence-electron chi connectivity index (χ0n) is 6.08. The summed E-state index contributed by atoms with van der Waals surface area (Å²) in [7, 11) is 0. The highest BCUT2D eigenvalue weighted by Crippen LogP contribution is 2.07. The average Bonchev–Trinajstić information content (AvgIpc) is 2.05. The van der Waals surface area contributed by atoms with Crippen LogP contribution in [0.5, 0.6) is 0 Å². The van der Waals surface area contributed by atoms with Gasteiger partial charge in [0.15, 0.2) is 5.78 Å². The molecule has 0 amide bonds. The van der Waals surface area contributed by atoms with Crippen molar-refractivity contribution in [2.45, 2.75) is 0 Å². The fraction of sp³-hybridized carbons (Fsp3) is 0.125. The minimum Gasteiger partial charge on any atom is -0.515 e. The number of carbonyl (C=O) groups is 1. The predicted octanol–water partition coefficient (Wildman–Crippen LogP) is 0.732. The highest BCUT2D eigenvalue weighted by molar-refractivity contribution is 6.06. The van der Waals surface area contributed by atoms with Crippen molar-refractivity contribution in [3.8, 4) is 0 Å². The zero-order chi connectivity index (χ0) is 8.85. The van der Waals surface area contributed by atoms with Crippen molar-refractivity contribution < 1.29 is 15.0 Å². The van der Waals surface area contributed by atoms with E-state index in [4.69, 9.17) is 10.2 Å². The number of ketones is 1. The average molecular weight is 154 g/mol. The van der Waals surface area contributed by atoms with Crippen molar-refractivity contribution in [3.05, 3.63) is 36.6 Å². The lowest BCUT2D eigenvalue weighted by molar-refractivity contribution is -0.111. The van der Waals surface area contributed by atoms with E-state index in [1.165, 1.54) is 0 Å². The van der Waals surface area contributed by atoms with Crippen LogP contribution in [0.25, 0.3) is 0 Å².